The minimum absolute atomic E-state index is 0.582. The van der Waals surface area contributed by atoms with Crippen LogP contribution in [0.4, 0.5) is 5.95 Å². The van der Waals surface area contributed by atoms with Gasteiger partial charge in [-0.3, -0.25) is 0 Å². The SMILES string of the molecule is CC(C)Cc1nc(N2CCCCC2)nc(Cl)c1I. The fraction of sp³-hybridized carbons (Fsp3) is 0.692. The molecule has 0 amide bonds. The number of piperidine rings is 1. The van der Waals surface area contributed by atoms with E-state index in [0.29, 0.717) is 11.1 Å². The van der Waals surface area contributed by atoms with Gasteiger partial charge in [-0.15, -0.1) is 0 Å². The number of aromatic nitrogens is 2. The molecule has 2 heterocycles. The molecule has 0 aliphatic carbocycles. The largest absolute Gasteiger partial charge is 0.341 e. The van der Waals surface area contributed by atoms with Crippen LogP contribution in [0.1, 0.15) is 38.8 Å². The first kappa shape index (κ1) is 14.3. The van der Waals surface area contributed by atoms with Gasteiger partial charge in [-0.25, -0.2) is 4.98 Å². The number of halogens is 2. The summed E-state index contributed by atoms with van der Waals surface area (Å²) in [4.78, 5) is 11.4. The minimum atomic E-state index is 0.582. The minimum Gasteiger partial charge on any atom is -0.341 e. The van der Waals surface area contributed by atoms with Crippen molar-refractivity contribution >= 4 is 40.1 Å². The first-order chi connectivity index (χ1) is 8.58. The van der Waals surface area contributed by atoms with Crippen LogP contribution in [0.25, 0.3) is 0 Å². The van der Waals surface area contributed by atoms with E-state index < -0.39 is 0 Å². The summed E-state index contributed by atoms with van der Waals surface area (Å²) in [6.07, 6.45) is 4.73. The number of rotatable bonds is 3. The number of hydrogen-bond donors (Lipinski definition) is 0. The molecule has 1 aromatic rings. The van der Waals surface area contributed by atoms with Crippen molar-refractivity contribution in [2.75, 3.05) is 18.0 Å². The van der Waals surface area contributed by atoms with E-state index in [0.717, 1.165) is 34.7 Å². The summed E-state index contributed by atoms with van der Waals surface area (Å²) in [5.74, 6) is 1.40. The lowest BCUT2D eigenvalue weighted by Crippen LogP contribution is -2.31. The molecule has 1 saturated heterocycles. The molecule has 0 spiro atoms. The Balaban J connectivity index is 2.27. The monoisotopic (exact) mass is 379 g/mol. The van der Waals surface area contributed by atoms with Gasteiger partial charge in [0.15, 0.2) is 0 Å². The molecule has 1 fully saturated rings. The van der Waals surface area contributed by atoms with Crippen molar-refractivity contribution in [3.05, 3.63) is 14.4 Å². The van der Waals surface area contributed by atoms with Crippen molar-refractivity contribution in [1.82, 2.24) is 9.97 Å². The second-order valence-corrected chi connectivity index (χ2v) is 6.66. The van der Waals surface area contributed by atoms with Gasteiger partial charge in [0.05, 0.1) is 9.26 Å². The van der Waals surface area contributed by atoms with Gasteiger partial charge < -0.3 is 4.90 Å². The maximum absolute atomic E-state index is 6.24. The van der Waals surface area contributed by atoms with Crippen LogP contribution in [0.2, 0.25) is 5.15 Å². The Bertz CT molecular complexity index is 417. The van der Waals surface area contributed by atoms with E-state index in [1.54, 1.807) is 0 Å². The second kappa shape index (κ2) is 6.37. The normalized spacial score (nSPS) is 16.4. The van der Waals surface area contributed by atoms with Crippen molar-refractivity contribution in [2.24, 2.45) is 5.92 Å². The van der Waals surface area contributed by atoms with Crippen molar-refractivity contribution in [1.29, 1.82) is 0 Å². The van der Waals surface area contributed by atoms with Crippen molar-refractivity contribution in [2.45, 2.75) is 39.5 Å². The molecule has 1 aliphatic heterocycles. The zero-order valence-electron chi connectivity index (χ0n) is 10.9. The maximum Gasteiger partial charge on any atom is 0.227 e. The van der Waals surface area contributed by atoms with E-state index in [4.69, 9.17) is 16.6 Å². The number of anilines is 1. The lowest BCUT2D eigenvalue weighted by molar-refractivity contribution is 0.564. The molecule has 1 aromatic heterocycles. The van der Waals surface area contributed by atoms with Gasteiger partial charge in [0.2, 0.25) is 5.95 Å². The molecule has 5 heteroatoms. The van der Waals surface area contributed by atoms with Gasteiger partial charge in [0.1, 0.15) is 5.15 Å². The van der Waals surface area contributed by atoms with Gasteiger partial charge >= 0.3 is 0 Å². The molecule has 0 bridgehead atoms. The molecular formula is C13H19ClIN3. The average Bonchev–Trinajstić information content (AvgIpc) is 2.35. The Morgan fingerprint density at radius 1 is 1.22 bits per heavy atom. The van der Waals surface area contributed by atoms with E-state index in [1.165, 1.54) is 19.3 Å². The first-order valence-corrected chi connectivity index (χ1v) is 8.00. The molecule has 18 heavy (non-hydrogen) atoms. The van der Waals surface area contributed by atoms with E-state index in [-0.39, 0.29) is 0 Å². The average molecular weight is 380 g/mol. The second-order valence-electron chi connectivity index (χ2n) is 5.22. The third-order valence-electron chi connectivity index (χ3n) is 3.11. The maximum atomic E-state index is 6.24. The van der Waals surface area contributed by atoms with Gasteiger partial charge in [0, 0.05) is 13.1 Å². The Labute approximate surface area is 127 Å². The Kier molecular flexibility index (Phi) is 5.06. The standard InChI is InChI=1S/C13H19ClIN3/c1-9(2)8-10-11(15)12(14)17-13(16-10)18-6-4-3-5-7-18/h9H,3-8H2,1-2H3. The highest BCUT2D eigenvalue weighted by molar-refractivity contribution is 14.1. The lowest BCUT2D eigenvalue weighted by Gasteiger charge is -2.27. The van der Waals surface area contributed by atoms with Crippen molar-refractivity contribution in [3.8, 4) is 0 Å². The molecular weight excluding hydrogens is 361 g/mol. The van der Waals surface area contributed by atoms with E-state index in [2.05, 4.69) is 46.3 Å². The zero-order chi connectivity index (χ0) is 13.1. The fourth-order valence-electron chi connectivity index (χ4n) is 2.21. The van der Waals surface area contributed by atoms with Crippen molar-refractivity contribution < 1.29 is 0 Å². The first-order valence-electron chi connectivity index (χ1n) is 6.54. The summed E-state index contributed by atoms with van der Waals surface area (Å²) in [5.41, 5.74) is 1.09. The fourth-order valence-corrected chi connectivity index (χ4v) is 2.85. The van der Waals surface area contributed by atoms with Crippen LogP contribution in [-0.2, 0) is 6.42 Å². The Morgan fingerprint density at radius 2 is 1.89 bits per heavy atom. The molecule has 2 rings (SSSR count). The van der Waals surface area contributed by atoms with E-state index >= 15 is 0 Å². The summed E-state index contributed by atoms with van der Waals surface area (Å²) in [6, 6.07) is 0. The van der Waals surface area contributed by atoms with Gasteiger partial charge in [-0.1, -0.05) is 25.4 Å². The predicted octanol–water partition coefficient (Wildman–Crippen LogP) is 3.92. The van der Waals surface area contributed by atoms with Crippen LogP contribution in [0.5, 0.6) is 0 Å². The summed E-state index contributed by atoms with van der Waals surface area (Å²) in [7, 11) is 0. The smallest absolute Gasteiger partial charge is 0.227 e. The molecule has 100 valence electrons. The summed E-state index contributed by atoms with van der Waals surface area (Å²) in [5, 5.41) is 0.599. The molecule has 0 unspecified atom stereocenters. The molecule has 3 nitrogen and oxygen atoms in total. The van der Waals surface area contributed by atoms with Gasteiger partial charge in [-0.2, -0.15) is 4.98 Å². The van der Waals surface area contributed by atoms with Crippen molar-refractivity contribution in [3.63, 3.8) is 0 Å². The van der Waals surface area contributed by atoms with Crippen LogP contribution in [-0.4, -0.2) is 23.1 Å². The Morgan fingerprint density at radius 3 is 2.50 bits per heavy atom. The number of hydrogen-bond acceptors (Lipinski definition) is 3. The van der Waals surface area contributed by atoms with Gasteiger partial charge in [-0.05, 0) is 54.2 Å². The summed E-state index contributed by atoms with van der Waals surface area (Å²) >= 11 is 8.49. The third-order valence-corrected chi connectivity index (χ3v) is 4.83. The topological polar surface area (TPSA) is 29.0 Å². The Hall–Kier alpha value is -0.100. The number of nitrogens with zero attached hydrogens (tertiary/aromatic N) is 3. The molecule has 0 atom stereocenters. The van der Waals surface area contributed by atoms with Gasteiger partial charge in [0.25, 0.3) is 0 Å². The van der Waals surface area contributed by atoms with Crippen LogP contribution < -0.4 is 4.90 Å². The third kappa shape index (κ3) is 3.47. The van der Waals surface area contributed by atoms with E-state index in [1.807, 2.05) is 0 Å². The predicted molar refractivity (Wildman–Crippen MR) is 84.4 cm³/mol. The summed E-state index contributed by atoms with van der Waals surface area (Å²) in [6.45, 7) is 6.51. The summed E-state index contributed by atoms with van der Waals surface area (Å²) < 4.78 is 1.00. The quantitative estimate of drug-likeness (QED) is 0.589. The van der Waals surface area contributed by atoms with E-state index in [9.17, 15) is 0 Å². The molecule has 0 radical (unpaired) electrons. The van der Waals surface area contributed by atoms with Crippen LogP contribution in [0.3, 0.4) is 0 Å². The van der Waals surface area contributed by atoms with Crippen LogP contribution in [0, 0.1) is 9.49 Å². The highest BCUT2D eigenvalue weighted by atomic mass is 127. The molecule has 0 N–H and O–H groups in total. The van der Waals surface area contributed by atoms with Crippen LogP contribution in [0.15, 0.2) is 0 Å². The highest BCUT2D eigenvalue weighted by Gasteiger charge is 2.18. The molecule has 1 aliphatic rings. The molecule has 0 saturated carbocycles. The van der Waals surface area contributed by atoms with Crippen LogP contribution >= 0.6 is 34.2 Å². The highest BCUT2D eigenvalue weighted by Crippen LogP contribution is 2.25. The zero-order valence-corrected chi connectivity index (χ0v) is 13.8. The molecule has 0 aromatic carbocycles. The lowest BCUT2D eigenvalue weighted by atomic mass is 10.1.